The zero-order valence-electron chi connectivity index (χ0n) is 18.5. The molecule has 156 valence electrons. The van der Waals surface area contributed by atoms with E-state index in [2.05, 4.69) is 75.4 Å². The highest BCUT2D eigenvalue weighted by Crippen LogP contribution is 2.37. The van der Waals surface area contributed by atoms with Crippen molar-refractivity contribution in [2.45, 2.75) is 45.2 Å². The summed E-state index contributed by atoms with van der Waals surface area (Å²) < 4.78 is 6.97. The standard InChI is InChI=1S/C25H30N2O2Si/c1-19(17-26)23-16-20(27(5)24(23)28)18-29-30(25(2,3)4,21-12-8-6-9-13-21)22-14-10-7-11-15-22/h6-15,20H,16,18H2,1-5H3/b23-19-. The molecule has 0 aliphatic carbocycles. The van der Waals surface area contributed by atoms with E-state index in [-0.39, 0.29) is 17.0 Å². The van der Waals surface area contributed by atoms with Gasteiger partial charge in [-0.1, -0.05) is 81.4 Å². The molecule has 1 aliphatic heterocycles. The van der Waals surface area contributed by atoms with Crippen LogP contribution in [0.3, 0.4) is 0 Å². The molecule has 0 bridgehead atoms. The second kappa shape index (κ2) is 8.59. The summed E-state index contributed by atoms with van der Waals surface area (Å²) in [5.41, 5.74) is 1.11. The van der Waals surface area contributed by atoms with Crippen LogP contribution in [-0.4, -0.2) is 38.8 Å². The van der Waals surface area contributed by atoms with E-state index < -0.39 is 8.32 Å². The molecule has 0 N–H and O–H groups in total. The summed E-state index contributed by atoms with van der Waals surface area (Å²) in [5, 5.41) is 11.6. The van der Waals surface area contributed by atoms with Crippen molar-refractivity contribution >= 4 is 24.6 Å². The number of nitriles is 1. The number of likely N-dealkylation sites (N-methyl/N-ethyl adjacent to an activating group) is 1. The summed E-state index contributed by atoms with van der Waals surface area (Å²) in [6.45, 7) is 8.89. The van der Waals surface area contributed by atoms with Crippen molar-refractivity contribution in [1.82, 2.24) is 4.90 Å². The van der Waals surface area contributed by atoms with E-state index in [9.17, 15) is 10.1 Å². The third-order valence-electron chi connectivity index (χ3n) is 6.10. The Morgan fingerprint density at radius 1 is 1.10 bits per heavy atom. The van der Waals surface area contributed by atoms with Crippen LogP contribution in [-0.2, 0) is 9.22 Å². The predicted octanol–water partition coefficient (Wildman–Crippen LogP) is 3.63. The molecule has 0 aromatic heterocycles. The van der Waals surface area contributed by atoms with Crippen LogP contribution in [0.1, 0.15) is 34.1 Å². The first kappa shape index (κ1) is 22.0. The van der Waals surface area contributed by atoms with Gasteiger partial charge in [0.15, 0.2) is 0 Å². The van der Waals surface area contributed by atoms with Gasteiger partial charge in [-0.25, -0.2) is 0 Å². The highest BCUT2D eigenvalue weighted by molar-refractivity contribution is 6.99. The van der Waals surface area contributed by atoms with Crippen molar-refractivity contribution in [1.29, 1.82) is 5.26 Å². The van der Waals surface area contributed by atoms with Gasteiger partial charge in [-0.3, -0.25) is 4.79 Å². The minimum absolute atomic E-state index is 0.0647. The van der Waals surface area contributed by atoms with Crippen molar-refractivity contribution in [2.75, 3.05) is 13.7 Å². The van der Waals surface area contributed by atoms with Gasteiger partial charge in [0.25, 0.3) is 14.2 Å². The fourth-order valence-electron chi connectivity index (χ4n) is 4.37. The number of nitrogens with zero attached hydrogens (tertiary/aromatic N) is 2. The molecular formula is C25H30N2O2Si. The Balaban J connectivity index is 2.03. The van der Waals surface area contributed by atoms with E-state index in [4.69, 9.17) is 4.43 Å². The van der Waals surface area contributed by atoms with Crippen LogP contribution >= 0.6 is 0 Å². The molecule has 3 rings (SSSR count). The summed E-state index contributed by atoms with van der Waals surface area (Å²) in [5.74, 6) is -0.0647. The first-order chi connectivity index (χ1) is 14.2. The molecule has 1 amide bonds. The molecule has 2 aromatic rings. The highest BCUT2D eigenvalue weighted by atomic mass is 28.4. The molecule has 1 fully saturated rings. The molecule has 1 unspecified atom stereocenters. The number of likely N-dealkylation sites (tertiary alicyclic amines) is 1. The summed E-state index contributed by atoms with van der Waals surface area (Å²) >= 11 is 0. The smallest absolute Gasteiger partial charge is 0.261 e. The second-order valence-electron chi connectivity index (χ2n) is 8.96. The van der Waals surface area contributed by atoms with Crippen LogP contribution in [0.15, 0.2) is 71.8 Å². The SMILES string of the molecule is C/C(C#N)=C1\CC(CO[Si](c2ccccc2)(c2ccccc2)C(C)(C)C)N(C)C1=O. The molecule has 0 saturated carbocycles. The van der Waals surface area contributed by atoms with Crippen LogP contribution in [0.4, 0.5) is 0 Å². The normalized spacial score (nSPS) is 19.0. The molecule has 0 radical (unpaired) electrons. The van der Waals surface area contributed by atoms with Gasteiger partial charge in [0, 0.05) is 24.6 Å². The number of carbonyl (C=O) groups excluding carboxylic acids is 1. The van der Waals surface area contributed by atoms with E-state index in [1.165, 1.54) is 10.4 Å². The topological polar surface area (TPSA) is 53.3 Å². The highest BCUT2D eigenvalue weighted by Gasteiger charge is 2.51. The summed E-state index contributed by atoms with van der Waals surface area (Å²) in [6, 6.07) is 23.0. The van der Waals surface area contributed by atoms with Gasteiger partial charge in [-0.2, -0.15) is 5.26 Å². The van der Waals surface area contributed by atoms with Crippen molar-refractivity contribution in [3.8, 4) is 6.07 Å². The summed E-state index contributed by atoms with van der Waals surface area (Å²) in [4.78, 5) is 14.4. The number of hydrogen-bond acceptors (Lipinski definition) is 3. The Morgan fingerprint density at radius 2 is 1.60 bits per heavy atom. The third-order valence-corrected chi connectivity index (χ3v) is 11.1. The zero-order chi connectivity index (χ0) is 21.9. The van der Waals surface area contributed by atoms with Gasteiger partial charge in [-0.05, 0) is 22.3 Å². The van der Waals surface area contributed by atoms with Crippen molar-refractivity contribution in [3.05, 3.63) is 71.8 Å². The average molecular weight is 419 g/mol. The molecule has 5 heteroatoms. The minimum Gasteiger partial charge on any atom is -0.405 e. The fourth-order valence-corrected chi connectivity index (χ4v) is 8.97. The fraction of sp³-hybridized carbons (Fsp3) is 0.360. The Morgan fingerprint density at radius 3 is 2.03 bits per heavy atom. The molecule has 1 heterocycles. The van der Waals surface area contributed by atoms with Crippen LogP contribution in [0.5, 0.6) is 0 Å². The zero-order valence-corrected chi connectivity index (χ0v) is 19.5. The van der Waals surface area contributed by atoms with Crippen LogP contribution < -0.4 is 10.4 Å². The number of rotatable bonds is 5. The summed E-state index contributed by atoms with van der Waals surface area (Å²) in [6.07, 6.45) is 0.549. The van der Waals surface area contributed by atoms with Crippen molar-refractivity contribution in [3.63, 3.8) is 0 Å². The van der Waals surface area contributed by atoms with Gasteiger partial charge < -0.3 is 9.33 Å². The second-order valence-corrected chi connectivity index (χ2v) is 13.3. The van der Waals surface area contributed by atoms with Gasteiger partial charge in [-0.15, -0.1) is 0 Å². The minimum atomic E-state index is -2.65. The largest absolute Gasteiger partial charge is 0.405 e. The van der Waals surface area contributed by atoms with E-state index >= 15 is 0 Å². The molecule has 2 aromatic carbocycles. The molecule has 4 nitrogen and oxygen atoms in total. The first-order valence-electron chi connectivity index (χ1n) is 10.3. The van der Waals surface area contributed by atoms with Crippen LogP contribution in [0.25, 0.3) is 0 Å². The number of allylic oxidation sites excluding steroid dienone is 1. The van der Waals surface area contributed by atoms with Gasteiger partial charge in [0.2, 0.25) is 0 Å². The molecular weight excluding hydrogens is 388 g/mol. The molecule has 30 heavy (non-hydrogen) atoms. The van der Waals surface area contributed by atoms with E-state index in [0.29, 0.717) is 24.2 Å². The van der Waals surface area contributed by atoms with Crippen molar-refractivity contribution < 1.29 is 9.22 Å². The van der Waals surface area contributed by atoms with Crippen LogP contribution in [0, 0.1) is 11.3 Å². The maximum absolute atomic E-state index is 12.7. The molecule has 1 atom stereocenters. The van der Waals surface area contributed by atoms with Crippen molar-refractivity contribution in [2.24, 2.45) is 0 Å². The predicted molar refractivity (Wildman–Crippen MR) is 123 cm³/mol. The number of carbonyl (C=O) groups is 1. The Bertz CT molecular complexity index is 932. The lowest BCUT2D eigenvalue weighted by Gasteiger charge is -2.43. The van der Waals surface area contributed by atoms with E-state index in [1.54, 1.807) is 18.9 Å². The summed E-state index contributed by atoms with van der Waals surface area (Å²) in [7, 11) is -0.840. The lowest BCUT2D eigenvalue weighted by molar-refractivity contribution is -0.125. The number of amides is 1. The Labute approximate surface area is 180 Å². The maximum atomic E-state index is 12.7. The monoisotopic (exact) mass is 418 g/mol. The van der Waals surface area contributed by atoms with Gasteiger partial charge >= 0.3 is 0 Å². The van der Waals surface area contributed by atoms with E-state index in [0.717, 1.165) is 0 Å². The molecule has 0 spiro atoms. The molecule has 1 aliphatic rings. The Kier molecular flexibility index (Phi) is 6.30. The first-order valence-corrected chi connectivity index (χ1v) is 12.2. The average Bonchev–Trinajstić information content (AvgIpc) is 3.03. The maximum Gasteiger partial charge on any atom is 0.261 e. The lowest BCUT2D eigenvalue weighted by Crippen LogP contribution is -2.67. The Hall–Kier alpha value is -2.68. The van der Waals surface area contributed by atoms with Gasteiger partial charge in [0.1, 0.15) is 0 Å². The third kappa shape index (κ3) is 3.85. The van der Waals surface area contributed by atoms with Gasteiger partial charge in [0.05, 0.1) is 18.7 Å². The molecule has 1 saturated heterocycles. The quantitative estimate of drug-likeness (QED) is 0.423. The number of hydrogen-bond donors (Lipinski definition) is 0. The number of benzene rings is 2. The van der Waals surface area contributed by atoms with E-state index in [1.807, 2.05) is 12.1 Å². The lowest BCUT2D eigenvalue weighted by atomic mass is 10.1. The van der Waals surface area contributed by atoms with Crippen LogP contribution in [0.2, 0.25) is 5.04 Å².